The van der Waals surface area contributed by atoms with Gasteiger partial charge in [0.05, 0.1) is 0 Å². The van der Waals surface area contributed by atoms with Crippen molar-refractivity contribution in [2.45, 2.75) is 33.6 Å². The van der Waals surface area contributed by atoms with E-state index in [4.69, 9.17) is 5.73 Å². The molecule has 0 spiro atoms. The average Bonchev–Trinajstić information content (AvgIpc) is 2.37. The number of hydrogen-bond acceptors (Lipinski definition) is 4. The summed E-state index contributed by atoms with van der Waals surface area (Å²) in [5.74, 6) is 2.33. The number of nitrogens with zero attached hydrogens (tertiary/aromatic N) is 2. The van der Waals surface area contributed by atoms with E-state index in [9.17, 15) is 0 Å². The van der Waals surface area contributed by atoms with Crippen molar-refractivity contribution < 1.29 is 0 Å². The molecule has 3 N–H and O–H groups in total. The molecule has 1 heterocycles. The van der Waals surface area contributed by atoms with Crippen molar-refractivity contribution in [1.82, 2.24) is 9.97 Å². The summed E-state index contributed by atoms with van der Waals surface area (Å²) in [6, 6.07) is 8.10. The minimum atomic E-state index is 0.250. The van der Waals surface area contributed by atoms with Crippen LogP contribution in [-0.2, 0) is 0 Å². The Hall–Kier alpha value is -2.10. The molecule has 100 valence electrons. The third-order valence-electron chi connectivity index (χ3n) is 3.12. The van der Waals surface area contributed by atoms with Gasteiger partial charge >= 0.3 is 0 Å². The molecule has 2 rings (SSSR count). The van der Waals surface area contributed by atoms with E-state index in [1.54, 1.807) is 0 Å². The maximum atomic E-state index is 5.96. The van der Waals surface area contributed by atoms with E-state index < -0.39 is 0 Å². The van der Waals surface area contributed by atoms with Gasteiger partial charge < -0.3 is 11.1 Å². The molecule has 0 saturated heterocycles. The highest BCUT2D eigenvalue weighted by Crippen LogP contribution is 2.25. The quantitative estimate of drug-likeness (QED) is 0.881. The molecule has 0 aliphatic rings. The van der Waals surface area contributed by atoms with Gasteiger partial charge in [-0.3, -0.25) is 0 Å². The number of aryl methyl sites for hydroxylation is 1. The highest BCUT2D eigenvalue weighted by Gasteiger charge is 2.11. The Kier molecular flexibility index (Phi) is 3.69. The minimum Gasteiger partial charge on any atom is -0.383 e. The lowest BCUT2D eigenvalue weighted by molar-refractivity contribution is 0.776. The summed E-state index contributed by atoms with van der Waals surface area (Å²) in [7, 11) is 0. The Balaban J connectivity index is 2.42. The summed E-state index contributed by atoms with van der Waals surface area (Å²) in [6.07, 6.45) is 0. The first-order chi connectivity index (χ1) is 8.99. The molecule has 4 heteroatoms. The number of nitrogens with one attached hydrogen (secondary N) is 1. The van der Waals surface area contributed by atoms with Crippen molar-refractivity contribution in [3.05, 3.63) is 41.2 Å². The van der Waals surface area contributed by atoms with Crippen molar-refractivity contribution in [1.29, 1.82) is 0 Å². The molecule has 0 bridgehead atoms. The van der Waals surface area contributed by atoms with E-state index in [0.29, 0.717) is 5.82 Å². The third kappa shape index (κ3) is 2.84. The summed E-state index contributed by atoms with van der Waals surface area (Å²) in [5, 5.41) is 3.35. The van der Waals surface area contributed by atoms with Gasteiger partial charge in [0.2, 0.25) is 0 Å². The Morgan fingerprint density at radius 1 is 1.11 bits per heavy atom. The Bertz CT molecular complexity index is 591. The summed E-state index contributed by atoms with van der Waals surface area (Å²) < 4.78 is 0. The lowest BCUT2D eigenvalue weighted by Gasteiger charge is -2.14. The normalized spacial score (nSPS) is 10.8. The minimum absolute atomic E-state index is 0.250. The van der Waals surface area contributed by atoms with Gasteiger partial charge in [0, 0.05) is 17.2 Å². The predicted molar refractivity (Wildman–Crippen MR) is 79.7 cm³/mol. The van der Waals surface area contributed by atoms with Crippen molar-refractivity contribution in [2.24, 2.45) is 0 Å². The van der Waals surface area contributed by atoms with Gasteiger partial charge in [0.1, 0.15) is 17.5 Å². The van der Waals surface area contributed by atoms with E-state index in [1.165, 1.54) is 5.56 Å². The lowest BCUT2D eigenvalue weighted by Crippen LogP contribution is -2.08. The highest BCUT2D eigenvalue weighted by atomic mass is 15.1. The first kappa shape index (κ1) is 13.3. The van der Waals surface area contributed by atoms with Crippen molar-refractivity contribution in [3.8, 4) is 0 Å². The van der Waals surface area contributed by atoms with Gasteiger partial charge in [0.25, 0.3) is 0 Å². The van der Waals surface area contributed by atoms with Gasteiger partial charge in [-0.25, -0.2) is 9.97 Å². The SMILES string of the molecule is Cc1ccccc1Nc1nc(C(C)C)nc(N)c1C. The summed E-state index contributed by atoms with van der Waals surface area (Å²) >= 11 is 0. The van der Waals surface area contributed by atoms with Crippen molar-refractivity contribution in [2.75, 3.05) is 11.1 Å². The zero-order valence-electron chi connectivity index (χ0n) is 11.9. The molecule has 0 aliphatic heterocycles. The van der Waals surface area contributed by atoms with Crippen LogP contribution < -0.4 is 11.1 Å². The van der Waals surface area contributed by atoms with Crippen molar-refractivity contribution >= 4 is 17.3 Å². The molecule has 1 aromatic heterocycles. The van der Waals surface area contributed by atoms with Gasteiger partial charge in [-0.15, -0.1) is 0 Å². The highest BCUT2D eigenvalue weighted by molar-refractivity contribution is 5.65. The van der Waals surface area contributed by atoms with Crippen LogP contribution in [-0.4, -0.2) is 9.97 Å². The maximum Gasteiger partial charge on any atom is 0.139 e. The number of rotatable bonds is 3. The smallest absolute Gasteiger partial charge is 0.139 e. The molecule has 0 saturated carbocycles. The number of hydrogen-bond donors (Lipinski definition) is 2. The average molecular weight is 256 g/mol. The fraction of sp³-hybridized carbons (Fsp3) is 0.333. The first-order valence-electron chi connectivity index (χ1n) is 6.45. The molecule has 4 nitrogen and oxygen atoms in total. The van der Waals surface area contributed by atoms with E-state index >= 15 is 0 Å². The first-order valence-corrected chi connectivity index (χ1v) is 6.45. The van der Waals surface area contributed by atoms with Crippen molar-refractivity contribution in [3.63, 3.8) is 0 Å². The van der Waals surface area contributed by atoms with Crippen LogP contribution in [0.1, 0.15) is 36.7 Å². The topological polar surface area (TPSA) is 63.8 Å². The zero-order valence-corrected chi connectivity index (χ0v) is 11.9. The largest absolute Gasteiger partial charge is 0.383 e. The van der Waals surface area contributed by atoms with E-state index in [2.05, 4.69) is 42.1 Å². The molecule has 1 aromatic carbocycles. The van der Waals surface area contributed by atoms with Gasteiger partial charge in [-0.05, 0) is 25.5 Å². The second kappa shape index (κ2) is 5.26. The number of nitrogen functional groups attached to an aromatic ring is 1. The van der Waals surface area contributed by atoms with E-state index in [-0.39, 0.29) is 5.92 Å². The lowest BCUT2D eigenvalue weighted by atomic mass is 10.1. The molecule has 2 aromatic rings. The zero-order chi connectivity index (χ0) is 14.0. The molecule has 0 atom stereocenters. The third-order valence-corrected chi connectivity index (χ3v) is 3.12. The predicted octanol–water partition coefficient (Wildman–Crippen LogP) is 3.54. The Morgan fingerprint density at radius 2 is 1.79 bits per heavy atom. The molecular formula is C15H20N4. The second-order valence-electron chi connectivity index (χ2n) is 5.04. The van der Waals surface area contributed by atoms with Crippen LogP contribution in [0, 0.1) is 13.8 Å². The monoisotopic (exact) mass is 256 g/mol. The number of benzene rings is 1. The fourth-order valence-electron chi connectivity index (χ4n) is 1.77. The van der Waals surface area contributed by atoms with Gasteiger partial charge in [-0.1, -0.05) is 32.0 Å². The molecule has 0 fully saturated rings. The number of para-hydroxylation sites is 1. The summed E-state index contributed by atoms with van der Waals surface area (Å²) in [5.41, 5.74) is 9.05. The summed E-state index contributed by atoms with van der Waals surface area (Å²) in [6.45, 7) is 8.11. The molecule has 0 unspecified atom stereocenters. The van der Waals surface area contributed by atoms with Crippen LogP contribution in [0.2, 0.25) is 0 Å². The van der Waals surface area contributed by atoms with Crippen LogP contribution in [0.3, 0.4) is 0 Å². The van der Waals surface area contributed by atoms with E-state index in [1.807, 2.05) is 25.1 Å². The van der Waals surface area contributed by atoms with Gasteiger partial charge in [-0.2, -0.15) is 0 Å². The molecule has 19 heavy (non-hydrogen) atoms. The maximum absolute atomic E-state index is 5.96. The standard InChI is InChI=1S/C15H20N4/c1-9(2)14-18-13(16)11(4)15(19-14)17-12-8-6-5-7-10(12)3/h5-9H,1-4H3,(H3,16,17,18,19). The van der Waals surface area contributed by atoms with Crippen LogP contribution >= 0.6 is 0 Å². The fourth-order valence-corrected chi connectivity index (χ4v) is 1.77. The molecular weight excluding hydrogens is 236 g/mol. The molecule has 0 radical (unpaired) electrons. The Labute approximate surface area is 114 Å². The number of aromatic nitrogens is 2. The van der Waals surface area contributed by atoms with Crippen LogP contribution in [0.5, 0.6) is 0 Å². The van der Waals surface area contributed by atoms with Gasteiger partial charge in [0.15, 0.2) is 0 Å². The molecule has 0 aliphatic carbocycles. The van der Waals surface area contributed by atoms with Crippen LogP contribution in [0.15, 0.2) is 24.3 Å². The van der Waals surface area contributed by atoms with E-state index in [0.717, 1.165) is 22.9 Å². The van der Waals surface area contributed by atoms with Crippen LogP contribution in [0.4, 0.5) is 17.3 Å². The van der Waals surface area contributed by atoms with Crippen LogP contribution in [0.25, 0.3) is 0 Å². The Morgan fingerprint density at radius 3 is 2.42 bits per heavy atom. The summed E-state index contributed by atoms with van der Waals surface area (Å²) in [4.78, 5) is 8.89. The molecule has 0 amide bonds. The number of anilines is 3. The number of nitrogens with two attached hydrogens (primary N) is 1. The second-order valence-corrected chi connectivity index (χ2v) is 5.04.